The number of fused-ring (bicyclic) bond motifs is 1. The van der Waals surface area contributed by atoms with E-state index in [1.807, 2.05) is 26.0 Å². The Labute approximate surface area is 167 Å². The third-order valence-electron chi connectivity index (χ3n) is 4.83. The van der Waals surface area contributed by atoms with Crippen LogP contribution in [0.3, 0.4) is 0 Å². The van der Waals surface area contributed by atoms with E-state index < -0.39 is 0 Å². The molecule has 1 amide bonds. The molecule has 1 N–H and O–H groups in total. The van der Waals surface area contributed by atoms with Crippen LogP contribution < -0.4 is 5.32 Å². The fraction of sp³-hybridized carbons (Fsp3) is 0.182. The van der Waals surface area contributed by atoms with Crippen molar-refractivity contribution in [1.82, 2.24) is 19.6 Å². The molecule has 3 heterocycles. The van der Waals surface area contributed by atoms with Crippen LogP contribution in [0, 0.1) is 19.7 Å². The van der Waals surface area contributed by atoms with Crippen molar-refractivity contribution in [3.8, 4) is 11.3 Å². The van der Waals surface area contributed by atoms with E-state index in [2.05, 4.69) is 20.4 Å². The van der Waals surface area contributed by atoms with Crippen LogP contribution >= 0.6 is 0 Å². The van der Waals surface area contributed by atoms with E-state index in [-0.39, 0.29) is 11.7 Å². The number of nitrogens with zero attached hydrogens (tertiary/aromatic N) is 4. The van der Waals surface area contributed by atoms with Gasteiger partial charge >= 0.3 is 0 Å². The molecule has 0 aliphatic heterocycles. The Bertz CT molecular complexity index is 1190. The topological polar surface area (TPSA) is 72.2 Å². The Kier molecular flexibility index (Phi) is 5.03. The minimum Gasteiger partial charge on any atom is -0.325 e. The second-order valence-corrected chi connectivity index (χ2v) is 6.86. The predicted octanol–water partition coefficient (Wildman–Crippen LogP) is 4.12. The Morgan fingerprint density at radius 1 is 1.17 bits per heavy atom. The summed E-state index contributed by atoms with van der Waals surface area (Å²) < 4.78 is 15.3. The van der Waals surface area contributed by atoms with Crippen LogP contribution in [-0.4, -0.2) is 25.5 Å². The lowest BCUT2D eigenvalue weighted by Gasteiger charge is -2.11. The summed E-state index contributed by atoms with van der Waals surface area (Å²) >= 11 is 0. The molecule has 6 nitrogen and oxygen atoms in total. The van der Waals surface area contributed by atoms with Gasteiger partial charge in [0.05, 0.1) is 17.6 Å². The molecule has 7 heteroatoms. The van der Waals surface area contributed by atoms with Crippen molar-refractivity contribution in [3.63, 3.8) is 0 Å². The fourth-order valence-electron chi connectivity index (χ4n) is 3.38. The lowest BCUT2D eigenvalue weighted by molar-refractivity contribution is -0.116. The monoisotopic (exact) mass is 389 g/mol. The first kappa shape index (κ1) is 18.7. The standard InChI is InChI=1S/C22H20FN5O/c1-14-19(8-9-22(29)26-18-7-4-10-24-13-18)15(2)28-21(25-14)12-20(27-28)16-5-3-6-17(23)11-16/h3-7,10-13H,8-9H2,1-2H3,(H,26,29). The molecule has 0 spiro atoms. The molecule has 0 radical (unpaired) electrons. The van der Waals surface area contributed by atoms with Gasteiger partial charge in [0.2, 0.25) is 5.91 Å². The normalized spacial score (nSPS) is 11.0. The molecule has 146 valence electrons. The number of rotatable bonds is 5. The molecule has 1 aromatic carbocycles. The maximum atomic E-state index is 13.6. The van der Waals surface area contributed by atoms with Crippen molar-refractivity contribution in [1.29, 1.82) is 0 Å². The Morgan fingerprint density at radius 3 is 2.79 bits per heavy atom. The molecule has 0 fully saturated rings. The number of aromatic nitrogens is 4. The van der Waals surface area contributed by atoms with Gasteiger partial charge in [-0.05, 0) is 50.1 Å². The van der Waals surface area contributed by atoms with Gasteiger partial charge in [0.1, 0.15) is 5.82 Å². The summed E-state index contributed by atoms with van der Waals surface area (Å²) in [4.78, 5) is 20.9. The largest absolute Gasteiger partial charge is 0.325 e. The van der Waals surface area contributed by atoms with E-state index in [0.29, 0.717) is 35.4 Å². The van der Waals surface area contributed by atoms with Crippen molar-refractivity contribution in [3.05, 3.63) is 77.6 Å². The third-order valence-corrected chi connectivity index (χ3v) is 4.83. The van der Waals surface area contributed by atoms with Crippen molar-refractivity contribution >= 4 is 17.2 Å². The zero-order chi connectivity index (χ0) is 20.4. The third kappa shape index (κ3) is 3.99. The zero-order valence-electron chi connectivity index (χ0n) is 16.2. The summed E-state index contributed by atoms with van der Waals surface area (Å²) in [6, 6.07) is 11.7. The van der Waals surface area contributed by atoms with Gasteiger partial charge < -0.3 is 5.32 Å². The molecule has 3 aromatic heterocycles. The van der Waals surface area contributed by atoms with E-state index in [1.54, 1.807) is 35.1 Å². The highest BCUT2D eigenvalue weighted by molar-refractivity contribution is 5.90. The molecule has 0 unspecified atom stereocenters. The van der Waals surface area contributed by atoms with Crippen LogP contribution in [0.5, 0.6) is 0 Å². The quantitative estimate of drug-likeness (QED) is 0.557. The minimum atomic E-state index is -0.305. The van der Waals surface area contributed by atoms with Crippen LogP contribution in [0.4, 0.5) is 10.1 Å². The van der Waals surface area contributed by atoms with Crippen LogP contribution in [0.15, 0.2) is 54.9 Å². The summed E-state index contributed by atoms with van der Waals surface area (Å²) in [7, 11) is 0. The number of nitrogens with one attached hydrogen (secondary N) is 1. The van der Waals surface area contributed by atoms with E-state index in [1.165, 1.54) is 12.1 Å². The first-order valence-corrected chi connectivity index (χ1v) is 9.33. The average Bonchev–Trinajstić information content (AvgIpc) is 3.13. The van der Waals surface area contributed by atoms with E-state index in [0.717, 1.165) is 17.0 Å². The molecule has 0 aliphatic carbocycles. The highest BCUT2D eigenvalue weighted by Gasteiger charge is 2.14. The van der Waals surface area contributed by atoms with Crippen LogP contribution in [-0.2, 0) is 11.2 Å². The smallest absolute Gasteiger partial charge is 0.224 e. The average molecular weight is 389 g/mol. The number of halogens is 1. The molecule has 29 heavy (non-hydrogen) atoms. The minimum absolute atomic E-state index is 0.0854. The summed E-state index contributed by atoms with van der Waals surface area (Å²) in [6.07, 6.45) is 4.13. The summed E-state index contributed by atoms with van der Waals surface area (Å²) in [6.45, 7) is 3.88. The van der Waals surface area contributed by atoms with Gasteiger partial charge in [0.15, 0.2) is 5.65 Å². The second-order valence-electron chi connectivity index (χ2n) is 6.86. The molecule has 0 atom stereocenters. The molecule has 0 saturated carbocycles. The zero-order valence-corrected chi connectivity index (χ0v) is 16.2. The number of hydrogen-bond donors (Lipinski definition) is 1. The van der Waals surface area contributed by atoms with Crippen LogP contribution in [0.2, 0.25) is 0 Å². The highest BCUT2D eigenvalue weighted by atomic mass is 19.1. The van der Waals surface area contributed by atoms with Gasteiger partial charge in [0.25, 0.3) is 0 Å². The maximum absolute atomic E-state index is 13.6. The Morgan fingerprint density at radius 2 is 2.03 bits per heavy atom. The first-order valence-electron chi connectivity index (χ1n) is 9.33. The lowest BCUT2D eigenvalue weighted by atomic mass is 10.1. The summed E-state index contributed by atoms with van der Waals surface area (Å²) in [5, 5.41) is 7.44. The number of carbonyl (C=O) groups excluding carboxylic acids is 1. The molecule has 4 aromatic rings. The van der Waals surface area contributed by atoms with E-state index in [9.17, 15) is 9.18 Å². The van der Waals surface area contributed by atoms with Gasteiger partial charge in [-0.15, -0.1) is 0 Å². The molecule has 0 saturated heterocycles. The van der Waals surface area contributed by atoms with Crippen LogP contribution in [0.1, 0.15) is 23.4 Å². The fourth-order valence-corrected chi connectivity index (χ4v) is 3.38. The second kappa shape index (κ2) is 7.79. The molecule has 0 bridgehead atoms. The number of benzene rings is 1. The molecular weight excluding hydrogens is 369 g/mol. The Hall–Kier alpha value is -3.61. The van der Waals surface area contributed by atoms with Crippen molar-refractivity contribution in [2.24, 2.45) is 0 Å². The number of aryl methyl sites for hydroxylation is 2. The van der Waals surface area contributed by atoms with Gasteiger partial charge in [-0.25, -0.2) is 13.9 Å². The van der Waals surface area contributed by atoms with Crippen molar-refractivity contribution in [2.75, 3.05) is 5.32 Å². The van der Waals surface area contributed by atoms with E-state index >= 15 is 0 Å². The number of hydrogen-bond acceptors (Lipinski definition) is 4. The summed E-state index contributed by atoms with van der Waals surface area (Å²) in [5.41, 5.74) is 5.48. The Balaban J connectivity index is 1.57. The maximum Gasteiger partial charge on any atom is 0.224 e. The van der Waals surface area contributed by atoms with Gasteiger partial charge in [-0.3, -0.25) is 9.78 Å². The predicted molar refractivity (Wildman–Crippen MR) is 109 cm³/mol. The lowest BCUT2D eigenvalue weighted by Crippen LogP contribution is -2.14. The number of carbonyl (C=O) groups is 1. The highest BCUT2D eigenvalue weighted by Crippen LogP contribution is 2.23. The molecular formula is C22H20FN5O. The van der Waals surface area contributed by atoms with Crippen molar-refractivity contribution in [2.45, 2.75) is 26.7 Å². The van der Waals surface area contributed by atoms with Crippen molar-refractivity contribution < 1.29 is 9.18 Å². The summed E-state index contributed by atoms with van der Waals surface area (Å²) in [5.74, 6) is -0.390. The van der Waals surface area contributed by atoms with Crippen LogP contribution in [0.25, 0.3) is 16.9 Å². The van der Waals surface area contributed by atoms with Gasteiger partial charge in [-0.1, -0.05) is 12.1 Å². The molecule has 4 rings (SSSR count). The SMILES string of the molecule is Cc1nc2cc(-c3cccc(F)c3)nn2c(C)c1CCC(=O)Nc1cccnc1. The van der Waals surface area contributed by atoms with Gasteiger partial charge in [-0.2, -0.15) is 5.10 Å². The molecule has 0 aliphatic rings. The number of anilines is 1. The van der Waals surface area contributed by atoms with E-state index in [4.69, 9.17) is 0 Å². The van der Waals surface area contributed by atoms with Gasteiger partial charge in [0, 0.05) is 35.6 Å². The number of amides is 1. The first-order chi connectivity index (χ1) is 14.0. The number of pyridine rings is 1.